The van der Waals surface area contributed by atoms with Crippen molar-refractivity contribution in [3.8, 4) is 0 Å². The van der Waals surface area contributed by atoms with Gasteiger partial charge in [-0.15, -0.1) is 0 Å². The average Bonchev–Trinajstić information content (AvgIpc) is 2.72. The van der Waals surface area contributed by atoms with Crippen LogP contribution in [-0.4, -0.2) is 17.5 Å². The normalized spacial score (nSPS) is 32.9. The number of ether oxygens (including phenoxy) is 1. The molecule has 1 aliphatic heterocycles. The van der Waals surface area contributed by atoms with Crippen LogP contribution in [0, 0.1) is 10.8 Å². The van der Waals surface area contributed by atoms with E-state index in [1.165, 1.54) is 0 Å². The Bertz CT molecular complexity index is 642. The lowest BCUT2D eigenvalue weighted by atomic mass is 9.66. The second-order valence-electron chi connectivity index (χ2n) is 6.61. The summed E-state index contributed by atoms with van der Waals surface area (Å²) in [6, 6.07) is 7.03. The number of esters is 1. The van der Waals surface area contributed by atoms with E-state index < -0.39 is 16.4 Å². The fourth-order valence-electron chi connectivity index (χ4n) is 3.53. The van der Waals surface area contributed by atoms with E-state index in [1.54, 1.807) is 24.3 Å². The number of para-hydroxylation sites is 1. The van der Waals surface area contributed by atoms with Crippen molar-refractivity contribution in [2.24, 2.45) is 10.8 Å². The monoisotopic (exact) mass is 307 g/mol. The van der Waals surface area contributed by atoms with E-state index in [0.717, 1.165) is 0 Å². The molecule has 112 valence electrons. The first kappa shape index (κ1) is 14.4. The Morgan fingerprint density at radius 2 is 1.90 bits per heavy atom. The highest BCUT2D eigenvalue weighted by Crippen LogP contribution is 2.65. The molecule has 4 nitrogen and oxygen atoms in total. The number of anilines is 1. The van der Waals surface area contributed by atoms with E-state index in [9.17, 15) is 9.59 Å². The molecule has 5 heteroatoms. The molecule has 0 aromatic heterocycles. The van der Waals surface area contributed by atoms with Gasteiger partial charge in [-0.1, -0.05) is 37.6 Å². The zero-order valence-corrected chi connectivity index (χ0v) is 13.1. The van der Waals surface area contributed by atoms with Crippen LogP contribution in [-0.2, 0) is 14.3 Å². The lowest BCUT2D eigenvalue weighted by molar-refractivity contribution is -0.165. The summed E-state index contributed by atoms with van der Waals surface area (Å²) in [5.74, 6) is -0.580. The largest absolute Gasteiger partial charge is 0.448 e. The summed E-state index contributed by atoms with van der Waals surface area (Å²) in [5, 5.41) is 3.28. The molecular formula is C16H18ClNO3. The lowest BCUT2D eigenvalue weighted by Gasteiger charge is -2.35. The van der Waals surface area contributed by atoms with E-state index in [2.05, 4.69) is 5.32 Å². The van der Waals surface area contributed by atoms with Crippen LogP contribution in [0.4, 0.5) is 5.69 Å². The minimum absolute atomic E-state index is 0.284. The highest BCUT2D eigenvalue weighted by atomic mass is 35.5. The fraction of sp³-hybridized carbons (Fsp3) is 0.500. The third kappa shape index (κ3) is 1.62. The zero-order chi connectivity index (χ0) is 15.5. The van der Waals surface area contributed by atoms with Gasteiger partial charge in [-0.25, -0.2) is 0 Å². The molecule has 1 aliphatic carbocycles. The molecule has 2 atom stereocenters. The van der Waals surface area contributed by atoms with Crippen molar-refractivity contribution >= 4 is 29.2 Å². The van der Waals surface area contributed by atoms with Gasteiger partial charge >= 0.3 is 5.97 Å². The number of rotatable bonds is 2. The van der Waals surface area contributed by atoms with Crippen molar-refractivity contribution < 1.29 is 14.3 Å². The Kier molecular flexibility index (Phi) is 2.90. The third-order valence-electron chi connectivity index (χ3n) is 5.57. The molecule has 0 radical (unpaired) electrons. The third-order valence-corrected chi connectivity index (χ3v) is 5.90. The van der Waals surface area contributed by atoms with Crippen molar-refractivity contribution in [2.75, 3.05) is 5.32 Å². The lowest BCUT2D eigenvalue weighted by Crippen LogP contribution is -2.50. The standard InChI is InChI=1S/C16H18ClNO3/c1-14(2)15(3)8-9-16(14,21-13(15)20)12(19)18-11-7-5-4-6-10(11)17/h4-7H,8-9H2,1-3H3,(H,18,19). The van der Waals surface area contributed by atoms with Crippen LogP contribution < -0.4 is 5.32 Å². The topological polar surface area (TPSA) is 55.4 Å². The first-order valence-corrected chi connectivity index (χ1v) is 7.42. The Morgan fingerprint density at radius 1 is 1.24 bits per heavy atom. The van der Waals surface area contributed by atoms with Crippen LogP contribution in [0.5, 0.6) is 0 Å². The summed E-state index contributed by atoms with van der Waals surface area (Å²) in [5.41, 5.74) is -1.74. The average molecular weight is 308 g/mol. The Hall–Kier alpha value is -1.55. The summed E-state index contributed by atoms with van der Waals surface area (Å²) in [4.78, 5) is 25.0. The maximum atomic E-state index is 12.8. The van der Waals surface area contributed by atoms with Gasteiger partial charge in [0.15, 0.2) is 5.60 Å². The molecule has 1 amide bonds. The molecule has 1 saturated heterocycles. The molecular weight excluding hydrogens is 290 g/mol. The van der Waals surface area contributed by atoms with Gasteiger partial charge in [0.05, 0.1) is 16.1 Å². The Labute approximate surface area is 128 Å². The summed E-state index contributed by atoms with van der Waals surface area (Å²) >= 11 is 6.08. The van der Waals surface area contributed by atoms with Crippen molar-refractivity contribution in [1.29, 1.82) is 0 Å². The maximum Gasteiger partial charge on any atom is 0.313 e. The molecule has 2 unspecified atom stereocenters. The number of hydrogen-bond donors (Lipinski definition) is 1. The van der Waals surface area contributed by atoms with Crippen molar-refractivity contribution in [1.82, 2.24) is 0 Å². The number of fused-ring (bicyclic) bond motifs is 2. The predicted octanol–water partition coefficient (Wildman–Crippen LogP) is 3.40. The van der Waals surface area contributed by atoms with Crippen LogP contribution in [0.2, 0.25) is 5.02 Å². The molecule has 2 bridgehead atoms. The Morgan fingerprint density at radius 3 is 2.43 bits per heavy atom. The zero-order valence-electron chi connectivity index (χ0n) is 12.3. The van der Waals surface area contributed by atoms with Gasteiger partial charge in [0.2, 0.25) is 0 Å². The number of benzene rings is 1. The van der Waals surface area contributed by atoms with Crippen molar-refractivity contribution in [3.05, 3.63) is 29.3 Å². The summed E-state index contributed by atoms with van der Waals surface area (Å²) in [6.45, 7) is 5.74. The molecule has 1 aromatic rings. The fourth-order valence-corrected chi connectivity index (χ4v) is 3.72. The highest BCUT2D eigenvalue weighted by molar-refractivity contribution is 6.33. The second kappa shape index (κ2) is 4.23. The van der Waals surface area contributed by atoms with Crippen LogP contribution >= 0.6 is 11.6 Å². The first-order chi connectivity index (χ1) is 9.74. The quantitative estimate of drug-likeness (QED) is 0.852. The minimum atomic E-state index is -1.11. The highest BCUT2D eigenvalue weighted by Gasteiger charge is 2.75. The van der Waals surface area contributed by atoms with Gasteiger partial charge in [-0.05, 0) is 31.9 Å². The predicted molar refractivity (Wildman–Crippen MR) is 80.0 cm³/mol. The van der Waals surface area contributed by atoms with Gasteiger partial charge in [-0.3, -0.25) is 9.59 Å². The van der Waals surface area contributed by atoms with E-state index >= 15 is 0 Å². The van der Waals surface area contributed by atoms with Crippen LogP contribution in [0.15, 0.2) is 24.3 Å². The molecule has 1 saturated carbocycles. The van der Waals surface area contributed by atoms with E-state index in [4.69, 9.17) is 16.3 Å². The van der Waals surface area contributed by atoms with E-state index in [-0.39, 0.29) is 11.9 Å². The number of carbonyl (C=O) groups is 2. The van der Waals surface area contributed by atoms with E-state index in [1.807, 2.05) is 20.8 Å². The summed E-state index contributed by atoms with van der Waals surface area (Å²) < 4.78 is 5.55. The van der Waals surface area contributed by atoms with Crippen LogP contribution in [0.3, 0.4) is 0 Å². The molecule has 1 heterocycles. The molecule has 1 N–H and O–H groups in total. The number of amides is 1. The SMILES string of the molecule is CC12CCC(C(=O)Nc3ccccc3Cl)(OC1=O)C2(C)C. The Balaban J connectivity index is 1.96. The van der Waals surface area contributed by atoms with Gasteiger partial charge < -0.3 is 10.1 Å². The number of carbonyl (C=O) groups excluding carboxylic acids is 2. The molecule has 1 aromatic carbocycles. The number of hydrogen-bond acceptors (Lipinski definition) is 3. The smallest absolute Gasteiger partial charge is 0.313 e. The van der Waals surface area contributed by atoms with Gasteiger partial charge in [-0.2, -0.15) is 0 Å². The van der Waals surface area contributed by atoms with Gasteiger partial charge in [0.1, 0.15) is 0 Å². The molecule has 2 fully saturated rings. The molecule has 21 heavy (non-hydrogen) atoms. The minimum Gasteiger partial charge on any atom is -0.448 e. The van der Waals surface area contributed by atoms with E-state index in [0.29, 0.717) is 23.6 Å². The molecule has 2 aliphatic rings. The van der Waals surface area contributed by atoms with Crippen LogP contribution in [0.1, 0.15) is 33.6 Å². The van der Waals surface area contributed by atoms with Crippen molar-refractivity contribution in [2.45, 2.75) is 39.2 Å². The molecule has 0 spiro atoms. The van der Waals surface area contributed by atoms with Crippen molar-refractivity contribution in [3.63, 3.8) is 0 Å². The number of nitrogens with one attached hydrogen (secondary N) is 1. The summed E-state index contributed by atoms with van der Waals surface area (Å²) in [7, 11) is 0. The second-order valence-corrected chi connectivity index (χ2v) is 7.01. The maximum absolute atomic E-state index is 12.8. The van der Waals surface area contributed by atoms with Gasteiger partial charge in [0, 0.05) is 5.41 Å². The van der Waals surface area contributed by atoms with Gasteiger partial charge in [0.25, 0.3) is 5.91 Å². The number of halogens is 1. The van der Waals surface area contributed by atoms with Crippen LogP contribution in [0.25, 0.3) is 0 Å². The molecule has 3 rings (SSSR count). The first-order valence-electron chi connectivity index (χ1n) is 7.04. The summed E-state index contributed by atoms with van der Waals surface area (Å²) in [6.07, 6.45) is 1.20.